The number of nitrogens with zero attached hydrogens (tertiary/aromatic N) is 1. The van der Waals surface area contributed by atoms with Crippen LogP contribution in [0.1, 0.15) is 71.1 Å². The van der Waals surface area contributed by atoms with Crippen LogP contribution in [0.25, 0.3) is 0 Å². The van der Waals surface area contributed by atoms with Gasteiger partial charge >= 0.3 is 0 Å². The Morgan fingerprint density at radius 2 is 1.74 bits per heavy atom. The van der Waals surface area contributed by atoms with Crippen molar-refractivity contribution in [2.45, 2.75) is 88.7 Å². The zero-order chi connectivity index (χ0) is 23.9. The van der Waals surface area contributed by atoms with E-state index in [9.17, 15) is 14.7 Å². The topological polar surface area (TPSA) is 81.7 Å². The molecule has 2 amide bonds. The summed E-state index contributed by atoms with van der Waals surface area (Å²) in [5.41, 5.74) is 6.06. The minimum Gasteiger partial charge on any atom is -0.372 e. The number of fused-ring (bicyclic) bond motifs is 2. The second kappa shape index (κ2) is 9.40. The summed E-state index contributed by atoms with van der Waals surface area (Å²) in [5, 5.41) is 16.9. The molecule has 2 aromatic carbocycles. The Hall–Kier alpha value is -2.70. The molecule has 6 rings (SSSR count). The first kappa shape index (κ1) is 22.7. The number of carbonyl (C=O) groups is 2. The maximum absolute atomic E-state index is 13.1. The van der Waals surface area contributed by atoms with E-state index in [0.717, 1.165) is 30.4 Å². The fourth-order valence-electron chi connectivity index (χ4n) is 6.84. The molecule has 0 radical (unpaired) electrons. The molecule has 4 atom stereocenters. The highest BCUT2D eigenvalue weighted by molar-refractivity contribution is 5.98. The SMILES string of the molecule is O=C1CCC(N2Cc3cc(C[C@H]4CCCC[C@@H]4NC4Cc5ccccc5C4)ccc3C2=O)C(O)N1. The van der Waals surface area contributed by atoms with Crippen LogP contribution in [0.2, 0.25) is 0 Å². The fraction of sp³-hybridized carbons (Fsp3) is 0.517. The summed E-state index contributed by atoms with van der Waals surface area (Å²) in [7, 11) is 0. The van der Waals surface area contributed by atoms with Crippen LogP contribution in [0.15, 0.2) is 42.5 Å². The monoisotopic (exact) mass is 473 g/mol. The summed E-state index contributed by atoms with van der Waals surface area (Å²) in [6.45, 7) is 0.506. The molecular formula is C29H35N3O3. The van der Waals surface area contributed by atoms with E-state index < -0.39 is 6.23 Å². The molecule has 2 heterocycles. The van der Waals surface area contributed by atoms with Gasteiger partial charge in [-0.15, -0.1) is 0 Å². The van der Waals surface area contributed by atoms with Crippen LogP contribution in [0.3, 0.4) is 0 Å². The van der Waals surface area contributed by atoms with E-state index in [0.29, 0.717) is 37.4 Å². The molecule has 2 aliphatic heterocycles. The zero-order valence-corrected chi connectivity index (χ0v) is 20.2. The summed E-state index contributed by atoms with van der Waals surface area (Å²) < 4.78 is 0. The number of hydrogen-bond acceptors (Lipinski definition) is 4. The third-order valence-electron chi connectivity index (χ3n) is 8.65. The summed E-state index contributed by atoms with van der Waals surface area (Å²) >= 11 is 0. The van der Waals surface area contributed by atoms with E-state index in [-0.39, 0.29) is 17.9 Å². The highest BCUT2D eigenvalue weighted by Crippen LogP contribution is 2.33. The largest absolute Gasteiger partial charge is 0.372 e. The van der Waals surface area contributed by atoms with Gasteiger partial charge in [0.05, 0.1) is 6.04 Å². The van der Waals surface area contributed by atoms with E-state index in [1.54, 1.807) is 4.90 Å². The Labute approximate surface area is 207 Å². The van der Waals surface area contributed by atoms with Gasteiger partial charge in [-0.3, -0.25) is 9.59 Å². The number of piperidine rings is 1. The lowest BCUT2D eigenvalue weighted by Gasteiger charge is -2.35. The first-order valence-corrected chi connectivity index (χ1v) is 13.3. The normalized spacial score (nSPS) is 28.7. The van der Waals surface area contributed by atoms with Crippen LogP contribution in [0.5, 0.6) is 0 Å². The molecule has 0 spiro atoms. The molecule has 0 bridgehead atoms. The van der Waals surface area contributed by atoms with E-state index in [1.165, 1.54) is 42.4 Å². The van der Waals surface area contributed by atoms with Crippen molar-refractivity contribution in [1.82, 2.24) is 15.5 Å². The second-order valence-corrected chi connectivity index (χ2v) is 10.9. The molecule has 35 heavy (non-hydrogen) atoms. The quantitative estimate of drug-likeness (QED) is 0.623. The minimum absolute atomic E-state index is 0.0373. The van der Waals surface area contributed by atoms with Gasteiger partial charge in [-0.2, -0.15) is 0 Å². The maximum Gasteiger partial charge on any atom is 0.254 e. The Kier molecular flexibility index (Phi) is 6.11. The Bertz CT molecular complexity index is 1110. The van der Waals surface area contributed by atoms with Gasteiger partial charge < -0.3 is 20.6 Å². The molecule has 2 aromatic rings. The van der Waals surface area contributed by atoms with E-state index in [1.807, 2.05) is 6.07 Å². The van der Waals surface area contributed by atoms with Crippen LogP contribution < -0.4 is 10.6 Å². The second-order valence-electron chi connectivity index (χ2n) is 10.9. The predicted octanol–water partition coefficient (Wildman–Crippen LogP) is 3.10. The Morgan fingerprint density at radius 3 is 2.51 bits per heavy atom. The minimum atomic E-state index is -0.996. The third kappa shape index (κ3) is 4.50. The first-order valence-electron chi connectivity index (χ1n) is 13.3. The van der Waals surface area contributed by atoms with E-state index in [4.69, 9.17) is 0 Å². The molecule has 184 valence electrons. The number of hydrogen-bond donors (Lipinski definition) is 3. The molecule has 2 unspecified atom stereocenters. The number of rotatable bonds is 5. The van der Waals surface area contributed by atoms with Crippen LogP contribution in [-0.4, -0.2) is 46.2 Å². The molecule has 6 nitrogen and oxygen atoms in total. The van der Waals surface area contributed by atoms with Gasteiger partial charge in [-0.25, -0.2) is 0 Å². The summed E-state index contributed by atoms with van der Waals surface area (Å²) in [6.07, 6.45) is 8.19. The number of carbonyl (C=O) groups excluding carboxylic acids is 2. The average Bonchev–Trinajstić information content (AvgIpc) is 3.40. The Morgan fingerprint density at radius 1 is 0.971 bits per heavy atom. The zero-order valence-electron chi connectivity index (χ0n) is 20.2. The molecule has 2 fully saturated rings. The van der Waals surface area contributed by atoms with Gasteiger partial charge in [-0.1, -0.05) is 49.2 Å². The van der Waals surface area contributed by atoms with Gasteiger partial charge in [-0.05, 0) is 72.8 Å². The fourth-order valence-corrected chi connectivity index (χ4v) is 6.84. The highest BCUT2D eigenvalue weighted by Gasteiger charge is 2.39. The van der Waals surface area contributed by atoms with Gasteiger partial charge in [0, 0.05) is 30.6 Å². The lowest BCUT2D eigenvalue weighted by Crippen LogP contribution is -2.55. The summed E-state index contributed by atoms with van der Waals surface area (Å²) in [6, 6.07) is 15.8. The highest BCUT2D eigenvalue weighted by atomic mass is 16.3. The van der Waals surface area contributed by atoms with Crippen molar-refractivity contribution < 1.29 is 14.7 Å². The smallest absolute Gasteiger partial charge is 0.254 e. The summed E-state index contributed by atoms with van der Waals surface area (Å²) in [4.78, 5) is 26.4. The molecule has 3 N–H and O–H groups in total. The average molecular weight is 474 g/mol. The maximum atomic E-state index is 13.1. The Balaban J connectivity index is 1.12. The van der Waals surface area contributed by atoms with Crippen LogP contribution >= 0.6 is 0 Å². The van der Waals surface area contributed by atoms with Gasteiger partial charge in [0.15, 0.2) is 0 Å². The van der Waals surface area contributed by atoms with Crippen molar-refractivity contribution in [3.05, 3.63) is 70.3 Å². The van der Waals surface area contributed by atoms with E-state index >= 15 is 0 Å². The van der Waals surface area contributed by atoms with Crippen molar-refractivity contribution in [3.63, 3.8) is 0 Å². The number of aliphatic hydroxyl groups excluding tert-OH is 1. The van der Waals surface area contributed by atoms with E-state index in [2.05, 4.69) is 47.0 Å². The molecule has 6 heteroatoms. The molecule has 0 aromatic heterocycles. The molecule has 1 saturated heterocycles. The number of nitrogens with one attached hydrogen (secondary N) is 2. The van der Waals surface area contributed by atoms with Crippen LogP contribution in [0, 0.1) is 5.92 Å². The predicted molar refractivity (Wildman–Crippen MR) is 134 cm³/mol. The lowest BCUT2D eigenvalue weighted by atomic mass is 9.80. The van der Waals surface area contributed by atoms with Gasteiger partial charge in [0.1, 0.15) is 6.23 Å². The molecular weight excluding hydrogens is 438 g/mol. The van der Waals surface area contributed by atoms with Crippen LogP contribution in [-0.2, 0) is 30.6 Å². The first-order chi connectivity index (χ1) is 17.0. The summed E-state index contributed by atoms with van der Waals surface area (Å²) in [5.74, 6) is 0.413. The lowest BCUT2D eigenvalue weighted by molar-refractivity contribution is -0.129. The number of amides is 2. The van der Waals surface area contributed by atoms with Crippen molar-refractivity contribution in [3.8, 4) is 0 Å². The molecule has 2 aliphatic carbocycles. The molecule has 1 saturated carbocycles. The van der Waals surface area contributed by atoms with Gasteiger partial charge in [0.25, 0.3) is 5.91 Å². The van der Waals surface area contributed by atoms with Crippen LogP contribution in [0.4, 0.5) is 0 Å². The standard InChI is InChI=1S/C29H35N3O3/c33-27-12-11-26(28(34)31-27)32-17-22-14-18(9-10-24(22)29(32)35)13-21-7-3-4-8-25(21)30-23-15-19-5-1-2-6-20(19)16-23/h1-2,5-6,9-10,14,21,23,25-26,28,30,34H,3-4,7-8,11-13,15-17H2,(H,31,33)/t21-,25+,26?,28?/m1/s1. The van der Waals surface area contributed by atoms with Crippen molar-refractivity contribution in [2.24, 2.45) is 5.92 Å². The molecule has 4 aliphatic rings. The van der Waals surface area contributed by atoms with Crippen molar-refractivity contribution in [1.29, 1.82) is 0 Å². The third-order valence-corrected chi connectivity index (χ3v) is 8.65. The van der Waals surface area contributed by atoms with Crippen molar-refractivity contribution in [2.75, 3.05) is 0 Å². The number of benzene rings is 2. The number of aliphatic hydroxyl groups is 1. The van der Waals surface area contributed by atoms with Crippen molar-refractivity contribution >= 4 is 11.8 Å². The van der Waals surface area contributed by atoms with Gasteiger partial charge in [0.2, 0.25) is 5.91 Å².